The van der Waals surface area contributed by atoms with Crippen LogP contribution in [0.5, 0.6) is 0 Å². The van der Waals surface area contributed by atoms with E-state index in [-0.39, 0.29) is 10.7 Å². The number of ketones is 1. The van der Waals surface area contributed by atoms with Crippen molar-refractivity contribution in [3.8, 4) is 6.07 Å². The lowest BCUT2D eigenvalue weighted by atomic mass is 10.0. The van der Waals surface area contributed by atoms with Crippen LogP contribution in [-0.2, 0) is 10.0 Å². The number of rotatable bonds is 4. The van der Waals surface area contributed by atoms with Crippen LogP contribution in [0.4, 0.5) is 11.4 Å². The molecule has 0 spiro atoms. The van der Waals surface area contributed by atoms with Crippen LogP contribution in [0.2, 0.25) is 0 Å². The first-order valence-electron chi connectivity index (χ1n) is 8.48. The molecule has 2 N–H and O–H groups in total. The fourth-order valence-electron chi connectivity index (χ4n) is 3.31. The van der Waals surface area contributed by atoms with E-state index < -0.39 is 10.0 Å². The molecule has 1 heterocycles. The van der Waals surface area contributed by atoms with E-state index in [1.54, 1.807) is 36.4 Å². The van der Waals surface area contributed by atoms with Crippen molar-refractivity contribution in [3.63, 3.8) is 0 Å². The number of anilines is 2. The van der Waals surface area contributed by atoms with Gasteiger partial charge in [0.25, 0.3) is 0 Å². The van der Waals surface area contributed by atoms with Gasteiger partial charge in [-0.2, -0.15) is 5.26 Å². The quantitative estimate of drug-likeness (QED) is 0.805. The lowest BCUT2D eigenvalue weighted by Gasteiger charge is -2.38. The lowest BCUT2D eigenvalue weighted by Crippen LogP contribution is -2.47. The zero-order valence-corrected chi connectivity index (χ0v) is 15.7. The molecule has 0 radical (unpaired) electrons. The Morgan fingerprint density at radius 2 is 1.63 bits per heavy atom. The highest BCUT2D eigenvalue weighted by atomic mass is 32.2. The molecule has 0 aliphatic carbocycles. The molecule has 1 aliphatic rings. The van der Waals surface area contributed by atoms with Gasteiger partial charge in [0.15, 0.2) is 5.78 Å². The van der Waals surface area contributed by atoms with Gasteiger partial charge >= 0.3 is 0 Å². The summed E-state index contributed by atoms with van der Waals surface area (Å²) in [5.74, 6) is -0.0588. The second-order valence-corrected chi connectivity index (χ2v) is 7.92. The van der Waals surface area contributed by atoms with E-state index in [4.69, 9.17) is 10.4 Å². The number of primary sulfonamides is 1. The Kier molecular flexibility index (Phi) is 5.17. The van der Waals surface area contributed by atoms with Gasteiger partial charge in [0.2, 0.25) is 10.0 Å². The second-order valence-electron chi connectivity index (χ2n) is 6.39. The highest BCUT2D eigenvalue weighted by molar-refractivity contribution is 7.89. The third kappa shape index (κ3) is 3.94. The van der Waals surface area contributed by atoms with Gasteiger partial charge in [-0.3, -0.25) is 4.79 Å². The van der Waals surface area contributed by atoms with Crippen molar-refractivity contribution in [2.75, 3.05) is 36.0 Å². The Morgan fingerprint density at radius 3 is 2.19 bits per heavy atom. The molecule has 0 amide bonds. The number of hydrogen-bond donors (Lipinski definition) is 1. The van der Waals surface area contributed by atoms with Crippen molar-refractivity contribution in [1.82, 2.24) is 0 Å². The maximum Gasteiger partial charge on any atom is 0.240 e. The predicted molar refractivity (Wildman–Crippen MR) is 103 cm³/mol. The van der Waals surface area contributed by atoms with E-state index in [1.165, 1.54) is 13.0 Å². The van der Waals surface area contributed by atoms with E-state index in [0.29, 0.717) is 43.0 Å². The summed E-state index contributed by atoms with van der Waals surface area (Å²) >= 11 is 0. The Morgan fingerprint density at radius 1 is 1.04 bits per heavy atom. The zero-order chi connectivity index (χ0) is 19.6. The molecule has 0 bridgehead atoms. The largest absolute Gasteiger partial charge is 0.367 e. The Labute approximate surface area is 158 Å². The Balaban J connectivity index is 1.86. The molecule has 1 aliphatic heterocycles. The van der Waals surface area contributed by atoms with E-state index in [9.17, 15) is 13.2 Å². The highest BCUT2D eigenvalue weighted by Gasteiger charge is 2.24. The van der Waals surface area contributed by atoms with Crippen LogP contribution in [0.3, 0.4) is 0 Å². The summed E-state index contributed by atoms with van der Waals surface area (Å²) < 4.78 is 23.7. The molecule has 0 saturated carbocycles. The summed E-state index contributed by atoms with van der Waals surface area (Å²) in [5, 5.41) is 14.5. The summed E-state index contributed by atoms with van der Waals surface area (Å²) in [5.41, 5.74) is 2.39. The molecule has 2 aromatic carbocycles. The number of carbonyl (C=O) groups is 1. The zero-order valence-electron chi connectivity index (χ0n) is 14.9. The molecule has 2 aromatic rings. The summed E-state index contributed by atoms with van der Waals surface area (Å²) in [6.45, 7) is 3.83. The van der Waals surface area contributed by atoms with Crippen molar-refractivity contribution in [2.24, 2.45) is 5.14 Å². The summed E-state index contributed by atoms with van der Waals surface area (Å²) in [4.78, 5) is 16.1. The fourth-order valence-corrected chi connectivity index (χ4v) is 4.06. The van der Waals surface area contributed by atoms with E-state index >= 15 is 0 Å². The van der Waals surface area contributed by atoms with Crippen LogP contribution in [0.25, 0.3) is 0 Å². The van der Waals surface area contributed by atoms with Gasteiger partial charge in [-0.1, -0.05) is 12.1 Å². The van der Waals surface area contributed by atoms with E-state index in [0.717, 1.165) is 5.69 Å². The molecule has 0 unspecified atom stereocenters. The van der Waals surface area contributed by atoms with Gasteiger partial charge in [-0.25, -0.2) is 13.6 Å². The Bertz CT molecular complexity index is 1020. The Hall–Kier alpha value is -2.89. The minimum Gasteiger partial charge on any atom is -0.367 e. The molecule has 7 nitrogen and oxygen atoms in total. The smallest absolute Gasteiger partial charge is 0.240 e. The first-order chi connectivity index (χ1) is 12.8. The van der Waals surface area contributed by atoms with Crippen LogP contribution in [0.1, 0.15) is 22.8 Å². The van der Waals surface area contributed by atoms with Crippen molar-refractivity contribution >= 4 is 27.2 Å². The molecular formula is C19H20N4O3S. The van der Waals surface area contributed by atoms with Gasteiger partial charge in [0.1, 0.15) is 4.90 Å². The number of hydrogen-bond acceptors (Lipinski definition) is 6. The maximum atomic E-state index is 11.9. The fraction of sp³-hybridized carbons (Fsp3) is 0.263. The predicted octanol–water partition coefficient (Wildman–Crippen LogP) is 1.73. The van der Waals surface area contributed by atoms with Crippen molar-refractivity contribution < 1.29 is 13.2 Å². The number of para-hydroxylation sites is 1. The van der Waals surface area contributed by atoms with Crippen LogP contribution in [-0.4, -0.2) is 40.4 Å². The lowest BCUT2D eigenvalue weighted by molar-refractivity contribution is 0.101. The number of sulfonamides is 1. The minimum atomic E-state index is -3.81. The SMILES string of the molecule is CC(=O)c1ccc(C#N)cc1N1CCN(c2ccccc2S(N)(=O)=O)CC1. The second kappa shape index (κ2) is 7.39. The molecule has 3 rings (SSSR count). The summed E-state index contributed by atoms with van der Waals surface area (Å²) in [7, 11) is -3.81. The number of carbonyl (C=O) groups excluding carboxylic acids is 1. The summed E-state index contributed by atoms with van der Waals surface area (Å²) in [6.07, 6.45) is 0. The molecule has 0 atom stereocenters. The normalized spacial score (nSPS) is 14.7. The average molecular weight is 384 g/mol. The standard InChI is InChI=1S/C19H20N4O3S/c1-14(24)16-7-6-15(13-20)12-18(16)23-10-8-22(9-11-23)17-4-2-3-5-19(17)27(21,25)26/h2-7,12H,8-11H2,1H3,(H2,21,25,26). The third-order valence-corrected chi connectivity index (χ3v) is 5.60. The molecule has 1 saturated heterocycles. The van der Waals surface area contributed by atoms with Crippen LogP contribution in [0.15, 0.2) is 47.4 Å². The van der Waals surface area contributed by atoms with Gasteiger partial charge in [0, 0.05) is 37.4 Å². The van der Waals surface area contributed by atoms with Gasteiger partial charge in [-0.05, 0) is 37.3 Å². The highest BCUT2D eigenvalue weighted by Crippen LogP contribution is 2.28. The van der Waals surface area contributed by atoms with Crippen LogP contribution < -0.4 is 14.9 Å². The van der Waals surface area contributed by atoms with Crippen molar-refractivity contribution in [3.05, 3.63) is 53.6 Å². The van der Waals surface area contributed by atoms with Crippen LogP contribution >= 0.6 is 0 Å². The molecular weight excluding hydrogens is 364 g/mol. The molecule has 140 valence electrons. The van der Waals surface area contributed by atoms with Gasteiger partial charge in [-0.15, -0.1) is 0 Å². The molecule has 1 fully saturated rings. The molecule has 0 aromatic heterocycles. The number of Topliss-reactive ketones (excluding diaryl/α,β-unsaturated/α-hetero) is 1. The molecule has 27 heavy (non-hydrogen) atoms. The topological polar surface area (TPSA) is 108 Å². The third-order valence-electron chi connectivity index (χ3n) is 4.64. The number of piperazine rings is 1. The van der Waals surface area contributed by atoms with E-state index in [1.807, 2.05) is 9.80 Å². The van der Waals surface area contributed by atoms with Gasteiger partial charge in [0.05, 0.1) is 17.3 Å². The first-order valence-corrected chi connectivity index (χ1v) is 10.0. The monoisotopic (exact) mass is 384 g/mol. The average Bonchev–Trinajstić information content (AvgIpc) is 2.67. The molecule has 8 heteroatoms. The minimum absolute atomic E-state index is 0.0588. The number of benzene rings is 2. The van der Waals surface area contributed by atoms with Gasteiger partial charge < -0.3 is 9.80 Å². The van der Waals surface area contributed by atoms with Crippen molar-refractivity contribution in [1.29, 1.82) is 5.26 Å². The number of nitrogens with two attached hydrogens (primary N) is 1. The first kappa shape index (κ1) is 18.9. The van der Waals surface area contributed by atoms with Crippen LogP contribution in [0, 0.1) is 11.3 Å². The maximum absolute atomic E-state index is 11.9. The number of nitrogens with zero attached hydrogens (tertiary/aromatic N) is 3. The number of nitriles is 1. The summed E-state index contributed by atoms with van der Waals surface area (Å²) in [6, 6.07) is 13.8. The van der Waals surface area contributed by atoms with Crippen molar-refractivity contribution in [2.45, 2.75) is 11.8 Å². The van der Waals surface area contributed by atoms with E-state index in [2.05, 4.69) is 6.07 Å².